The van der Waals surface area contributed by atoms with E-state index in [0.29, 0.717) is 12.2 Å². The summed E-state index contributed by atoms with van der Waals surface area (Å²) in [7, 11) is 0. The number of nitrogens with one attached hydrogen (secondary N) is 1. The van der Waals surface area contributed by atoms with E-state index in [4.69, 9.17) is 4.74 Å². The smallest absolute Gasteiger partial charge is 0.271 e. The molecule has 0 saturated heterocycles. The van der Waals surface area contributed by atoms with Crippen LogP contribution in [0.2, 0.25) is 0 Å². The summed E-state index contributed by atoms with van der Waals surface area (Å²) < 4.78 is 8.14. The van der Waals surface area contributed by atoms with Crippen molar-refractivity contribution in [3.05, 3.63) is 103 Å². The molecule has 0 fully saturated rings. The molecule has 0 aliphatic rings. The predicted octanol–water partition coefficient (Wildman–Crippen LogP) is 5.79. The van der Waals surface area contributed by atoms with Crippen molar-refractivity contribution in [2.24, 2.45) is 5.10 Å². The molecule has 0 aliphatic carbocycles. The second kappa shape index (κ2) is 10.2. The van der Waals surface area contributed by atoms with E-state index in [-0.39, 0.29) is 5.91 Å². The van der Waals surface area contributed by atoms with E-state index in [9.17, 15) is 4.79 Å². The lowest BCUT2D eigenvalue weighted by Crippen LogP contribution is -2.17. The lowest BCUT2D eigenvalue weighted by atomic mass is 10.1. The Bertz CT molecular complexity index is 1230. The van der Waals surface area contributed by atoms with Crippen LogP contribution in [0.3, 0.4) is 0 Å². The molecule has 0 spiro atoms. The number of ether oxygens (including phenoxy) is 1. The summed E-state index contributed by atoms with van der Waals surface area (Å²) in [5.74, 6) is 0.560. The summed E-state index contributed by atoms with van der Waals surface area (Å²) >= 11 is 4.52. The number of aromatic nitrogens is 1. The Hall–Kier alpha value is -2.53. The Morgan fingerprint density at radius 3 is 2.48 bits per heavy atom. The van der Waals surface area contributed by atoms with Gasteiger partial charge in [-0.15, -0.1) is 0 Å². The molecule has 154 valence electrons. The minimum atomic E-state index is -0.280. The Morgan fingerprint density at radius 2 is 1.71 bits per heavy atom. The first kappa shape index (κ1) is 21.7. The maximum Gasteiger partial charge on any atom is 0.271 e. The zero-order valence-electron chi connectivity index (χ0n) is 16.3. The summed E-state index contributed by atoms with van der Waals surface area (Å²) in [6, 6.07) is 21.8. The predicted molar refractivity (Wildman–Crippen MR) is 139 cm³/mol. The van der Waals surface area contributed by atoms with E-state index in [0.717, 1.165) is 24.0 Å². The van der Waals surface area contributed by atoms with E-state index in [1.807, 2.05) is 24.3 Å². The van der Waals surface area contributed by atoms with E-state index in [1.165, 1.54) is 10.8 Å². The fraction of sp³-hybridized carbons (Fsp3) is 0.0417. The highest BCUT2D eigenvalue weighted by atomic mass is 127. The van der Waals surface area contributed by atoms with Gasteiger partial charge in [0.15, 0.2) is 0 Å². The Kier molecular flexibility index (Phi) is 7.13. The molecular formula is C24H17I2N3O2. The average molecular weight is 633 g/mol. The minimum absolute atomic E-state index is 0.280. The van der Waals surface area contributed by atoms with Crippen LogP contribution in [-0.4, -0.2) is 17.1 Å². The molecule has 3 aromatic carbocycles. The monoisotopic (exact) mass is 633 g/mol. The molecule has 4 rings (SSSR count). The second-order valence-electron chi connectivity index (χ2n) is 6.68. The molecule has 0 saturated carbocycles. The number of rotatable bonds is 6. The highest BCUT2D eigenvalue weighted by molar-refractivity contribution is 14.1. The topological polar surface area (TPSA) is 63.6 Å². The van der Waals surface area contributed by atoms with Gasteiger partial charge < -0.3 is 4.74 Å². The van der Waals surface area contributed by atoms with Crippen molar-refractivity contribution in [1.82, 2.24) is 10.4 Å². The van der Waals surface area contributed by atoms with Crippen molar-refractivity contribution in [3.8, 4) is 5.75 Å². The molecular weight excluding hydrogens is 616 g/mol. The van der Waals surface area contributed by atoms with Gasteiger partial charge in [-0.05, 0) is 91.3 Å². The molecule has 0 aliphatic heterocycles. The van der Waals surface area contributed by atoms with Gasteiger partial charge in [0.25, 0.3) is 5.91 Å². The van der Waals surface area contributed by atoms with Crippen LogP contribution in [0.4, 0.5) is 0 Å². The molecule has 0 unspecified atom stereocenters. The highest BCUT2D eigenvalue weighted by Gasteiger charge is 2.10. The number of fused-ring (bicyclic) bond motifs is 1. The number of hydrazone groups is 1. The summed E-state index contributed by atoms with van der Waals surface area (Å²) in [5, 5.41) is 6.47. The third kappa shape index (κ3) is 5.40. The van der Waals surface area contributed by atoms with Crippen molar-refractivity contribution in [3.63, 3.8) is 0 Å². The summed E-state index contributed by atoms with van der Waals surface area (Å²) in [6.45, 7) is 0.489. The summed E-state index contributed by atoms with van der Waals surface area (Å²) in [5.41, 5.74) is 5.06. The third-order valence-corrected chi connectivity index (χ3v) is 6.20. The Balaban J connectivity index is 1.45. The van der Waals surface area contributed by atoms with Crippen molar-refractivity contribution in [1.29, 1.82) is 0 Å². The van der Waals surface area contributed by atoms with Gasteiger partial charge >= 0.3 is 0 Å². The molecule has 1 heterocycles. The van der Waals surface area contributed by atoms with Crippen LogP contribution in [0.1, 0.15) is 21.5 Å². The lowest BCUT2D eigenvalue weighted by molar-refractivity contribution is 0.0955. The van der Waals surface area contributed by atoms with Gasteiger partial charge in [0.1, 0.15) is 12.4 Å². The maximum atomic E-state index is 12.1. The molecule has 31 heavy (non-hydrogen) atoms. The number of pyridine rings is 1. The largest absolute Gasteiger partial charge is 0.487 e. The number of nitrogens with zero attached hydrogens (tertiary/aromatic N) is 2. The van der Waals surface area contributed by atoms with E-state index in [1.54, 1.807) is 30.7 Å². The van der Waals surface area contributed by atoms with Gasteiger partial charge in [0.2, 0.25) is 0 Å². The molecule has 0 atom stereocenters. The molecule has 4 aromatic rings. The number of halogens is 2. The number of benzene rings is 3. The molecule has 1 N–H and O–H groups in total. The van der Waals surface area contributed by atoms with Crippen LogP contribution < -0.4 is 10.2 Å². The van der Waals surface area contributed by atoms with Gasteiger partial charge in [-0.2, -0.15) is 5.10 Å². The van der Waals surface area contributed by atoms with Crippen molar-refractivity contribution in [2.45, 2.75) is 6.61 Å². The Labute approximate surface area is 207 Å². The second-order valence-corrected chi connectivity index (χ2v) is 9.00. The van der Waals surface area contributed by atoms with Crippen LogP contribution in [0, 0.1) is 7.14 Å². The van der Waals surface area contributed by atoms with E-state index >= 15 is 0 Å². The normalized spacial score (nSPS) is 11.0. The first-order valence-electron chi connectivity index (χ1n) is 9.44. The average Bonchev–Trinajstić information content (AvgIpc) is 2.79. The SMILES string of the molecule is O=C(N/N=C/c1cc(I)c(OCc2cccc3ccccc23)c(I)c1)c1ccncc1. The number of hydrogen-bond acceptors (Lipinski definition) is 4. The van der Waals surface area contributed by atoms with Gasteiger partial charge in [-0.3, -0.25) is 9.78 Å². The van der Waals surface area contributed by atoms with Crippen LogP contribution in [0.25, 0.3) is 10.8 Å². The number of carbonyl (C=O) groups is 1. The lowest BCUT2D eigenvalue weighted by Gasteiger charge is -2.13. The van der Waals surface area contributed by atoms with Gasteiger partial charge in [-0.25, -0.2) is 5.43 Å². The zero-order valence-corrected chi connectivity index (χ0v) is 20.6. The fourth-order valence-electron chi connectivity index (χ4n) is 3.09. The number of carbonyl (C=O) groups excluding carboxylic acids is 1. The van der Waals surface area contributed by atoms with Crippen LogP contribution in [-0.2, 0) is 6.61 Å². The fourth-order valence-corrected chi connectivity index (χ4v) is 5.22. The summed E-state index contributed by atoms with van der Waals surface area (Å²) in [6.07, 6.45) is 4.76. The molecule has 7 heteroatoms. The standard InChI is InChI=1S/C24H17I2N3O2/c25-21-12-16(14-28-29-24(30)18-8-10-27-11-9-18)13-22(26)23(21)31-15-19-6-3-5-17-4-1-2-7-20(17)19/h1-14H,15H2,(H,29,30)/b28-14+. The molecule has 1 aromatic heterocycles. The van der Waals surface area contributed by atoms with E-state index < -0.39 is 0 Å². The Morgan fingerprint density at radius 1 is 1.00 bits per heavy atom. The van der Waals surface area contributed by atoms with Crippen LogP contribution in [0.15, 0.2) is 84.2 Å². The number of amides is 1. The van der Waals surface area contributed by atoms with E-state index in [2.05, 4.69) is 91.0 Å². The first-order valence-corrected chi connectivity index (χ1v) is 11.6. The summed E-state index contributed by atoms with van der Waals surface area (Å²) in [4.78, 5) is 16.0. The van der Waals surface area contributed by atoms with Crippen LogP contribution >= 0.6 is 45.2 Å². The highest BCUT2D eigenvalue weighted by Crippen LogP contribution is 2.30. The molecule has 0 bridgehead atoms. The minimum Gasteiger partial charge on any atom is -0.487 e. The number of hydrogen-bond donors (Lipinski definition) is 1. The first-order chi connectivity index (χ1) is 15.1. The maximum absolute atomic E-state index is 12.1. The van der Waals surface area contributed by atoms with Gasteiger partial charge in [-0.1, -0.05) is 42.5 Å². The van der Waals surface area contributed by atoms with Gasteiger partial charge in [0, 0.05) is 18.0 Å². The zero-order chi connectivity index (χ0) is 21.6. The van der Waals surface area contributed by atoms with Crippen molar-refractivity contribution in [2.75, 3.05) is 0 Å². The van der Waals surface area contributed by atoms with Gasteiger partial charge in [0.05, 0.1) is 13.4 Å². The van der Waals surface area contributed by atoms with Crippen LogP contribution in [0.5, 0.6) is 5.75 Å². The quantitative estimate of drug-likeness (QED) is 0.166. The molecule has 5 nitrogen and oxygen atoms in total. The van der Waals surface area contributed by atoms with Crippen molar-refractivity contribution < 1.29 is 9.53 Å². The van der Waals surface area contributed by atoms with Crippen molar-refractivity contribution >= 4 is 68.1 Å². The molecule has 1 amide bonds. The third-order valence-electron chi connectivity index (χ3n) is 4.59. The molecule has 0 radical (unpaired) electrons.